The fraction of sp³-hybridized carbons (Fsp3) is 0.294. The molecule has 0 aliphatic carbocycles. The predicted octanol–water partition coefficient (Wildman–Crippen LogP) is 6.23. The van der Waals surface area contributed by atoms with Gasteiger partial charge in [0.25, 0.3) is 0 Å². The molecule has 0 aliphatic heterocycles. The van der Waals surface area contributed by atoms with Crippen LogP contribution in [-0.4, -0.2) is 16.1 Å². The van der Waals surface area contributed by atoms with E-state index in [4.69, 9.17) is 44.3 Å². The summed E-state index contributed by atoms with van der Waals surface area (Å²) >= 11 is 18.1. The van der Waals surface area contributed by atoms with Crippen molar-refractivity contribution in [1.29, 1.82) is 0 Å². The van der Waals surface area contributed by atoms with Gasteiger partial charge in [-0.3, -0.25) is 0 Å². The maximum Gasteiger partial charge on any atom is 0.169 e. The van der Waals surface area contributed by atoms with Crippen LogP contribution >= 0.6 is 34.8 Å². The van der Waals surface area contributed by atoms with Gasteiger partial charge in [-0.1, -0.05) is 53.8 Å². The molecule has 2 aromatic carbocycles. The van der Waals surface area contributed by atoms with E-state index in [1.807, 2.05) is 0 Å². The molecule has 2 aromatic rings. The van der Waals surface area contributed by atoms with Crippen LogP contribution in [0.4, 0.5) is 0 Å². The molecule has 0 unspecified atom stereocenters. The third-order valence-electron chi connectivity index (χ3n) is 3.28. The minimum absolute atomic E-state index is 0.135. The van der Waals surface area contributed by atoms with Crippen LogP contribution in [0, 0.1) is 0 Å². The average Bonchev–Trinajstić information content (AvgIpc) is 2.52. The zero-order valence-electron chi connectivity index (χ0n) is 13.0. The summed E-state index contributed by atoms with van der Waals surface area (Å²) in [6.07, 6.45) is 2.25. The molecule has 0 atom stereocenters. The number of unbranched alkanes of at least 4 members (excludes halogenated alkanes) is 1. The number of hydrogen-bond acceptors (Lipinski definition) is 2. The topological polar surface area (TPSA) is 18.5 Å². The highest BCUT2D eigenvalue weighted by atomic mass is 35.5. The summed E-state index contributed by atoms with van der Waals surface area (Å²) < 4.78 is 11.7. The third kappa shape index (κ3) is 5.92. The summed E-state index contributed by atoms with van der Waals surface area (Å²) in [5, 5.41) is 1.62. The lowest BCUT2D eigenvalue weighted by molar-refractivity contribution is 0.295. The van der Waals surface area contributed by atoms with Crippen molar-refractivity contribution < 1.29 is 9.47 Å². The van der Waals surface area contributed by atoms with Gasteiger partial charge in [-0.15, -0.1) is 0 Å². The standard InChI is InChI=1S/C17H19Cl3O2Si/c1-23-9-3-2-8-21-17-11-13(19)5-7-16(17)22-15-6-4-12(18)10-14(15)20/h4-7,10-11H,2-3,8-9,23H2,1H3/i1+1. The van der Waals surface area contributed by atoms with Crippen LogP contribution in [0.5, 0.6) is 17.2 Å². The van der Waals surface area contributed by atoms with E-state index in [2.05, 4.69) is 6.55 Å². The van der Waals surface area contributed by atoms with E-state index in [0.29, 0.717) is 38.9 Å². The van der Waals surface area contributed by atoms with Gasteiger partial charge >= 0.3 is 0 Å². The molecule has 6 heteroatoms. The molecule has 2 nitrogen and oxygen atoms in total. The first-order valence-corrected chi connectivity index (χ1v) is 11.2. The molecule has 0 spiro atoms. The lowest BCUT2D eigenvalue weighted by Crippen LogP contribution is -2.00. The molecule has 0 saturated carbocycles. The van der Waals surface area contributed by atoms with E-state index in [1.165, 1.54) is 12.5 Å². The van der Waals surface area contributed by atoms with E-state index >= 15 is 0 Å². The van der Waals surface area contributed by atoms with Crippen molar-refractivity contribution in [3.63, 3.8) is 0 Å². The summed E-state index contributed by atoms with van der Waals surface area (Å²) in [5.74, 6) is 1.74. The first kappa shape index (κ1) is 18.5. The highest BCUT2D eigenvalue weighted by Crippen LogP contribution is 2.37. The molecule has 0 amide bonds. The Morgan fingerprint density at radius 1 is 0.870 bits per heavy atom. The molecule has 0 aromatic heterocycles. The maximum atomic E-state index is 6.15. The van der Waals surface area contributed by atoms with Gasteiger partial charge in [-0.2, -0.15) is 0 Å². The molecule has 2 rings (SSSR count). The van der Waals surface area contributed by atoms with Crippen molar-refractivity contribution in [2.45, 2.75) is 25.4 Å². The number of halogens is 3. The van der Waals surface area contributed by atoms with Gasteiger partial charge in [0, 0.05) is 25.6 Å². The molecule has 0 saturated heterocycles. The molecule has 124 valence electrons. The van der Waals surface area contributed by atoms with Gasteiger partial charge in [0.1, 0.15) is 5.75 Å². The van der Waals surface area contributed by atoms with Crippen molar-refractivity contribution in [2.24, 2.45) is 0 Å². The molecule has 0 bridgehead atoms. The Hall–Kier alpha value is -0.873. The van der Waals surface area contributed by atoms with Crippen molar-refractivity contribution in [3.05, 3.63) is 51.5 Å². The molecule has 0 fully saturated rings. The Kier molecular flexibility index (Phi) is 7.57. The monoisotopic (exact) mass is 389 g/mol. The highest BCUT2D eigenvalue weighted by molar-refractivity contribution is 6.35. The van der Waals surface area contributed by atoms with E-state index in [9.17, 15) is 0 Å². The third-order valence-corrected chi connectivity index (χ3v) is 5.25. The average molecular weight is 391 g/mol. The Bertz CT molecular complexity index is 650. The molecule has 0 aliphatic rings. The van der Waals surface area contributed by atoms with Crippen LogP contribution in [-0.2, 0) is 0 Å². The lowest BCUT2D eigenvalue weighted by Gasteiger charge is -2.14. The van der Waals surface area contributed by atoms with Crippen LogP contribution in [0.2, 0.25) is 27.7 Å². The van der Waals surface area contributed by atoms with E-state index in [1.54, 1.807) is 36.4 Å². The maximum absolute atomic E-state index is 6.15. The van der Waals surface area contributed by atoms with Gasteiger partial charge < -0.3 is 9.47 Å². The van der Waals surface area contributed by atoms with Gasteiger partial charge in [0.15, 0.2) is 11.5 Å². The Morgan fingerprint density at radius 3 is 2.26 bits per heavy atom. The second-order valence-electron chi connectivity index (χ2n) is 5.18. The molecule has 0 radical (unpaired) electrons. The first-order chi connectivity index (χ1) is 11.1. The fourth-order valence-corrected chi connectivity index (χ4v) is 3.53. The Balaban J connectivity index is 2.08. The molecular weight excluding hydrogens is 372 g/mol. The van der Waals surface area contributed by atoms with Crippen molar-refractivity contribution in [2.75, 3.05) is 6.61 Å². The van der Waals surface area contributed by atoms with E-state index in [-0.39, 0.29) is 9.52 Å². The normalized spacial score (nSPS) is 11.1. The lowest BCUT2D eigenvalue weighted by atomic mass is 10.3. The van der Waals surface area contributed by atoms with Crippen LogP contribution in [0.1, 0.15) is 12.8 Å². The highest BCUT2D eigenvalue weighted by Gasteiger charge is 2.10. The van der Waals surface area contributed by atoms with Crippen molar-refractivity contribution in [1.82, 2.24) is 0 Å². The Morgan fingerprint density at radius 2 is 1.57 bits per heavy atom. The number of hydrogen-bond donors (Lipinski definition) is 0. The number of rotatable bonds is 8. The first-order valence-electron chi connectivity index (χ1n) is 7.65. The minimum Gasteiger partial charge on any atom is -0.490 e. The summed E-state index contributed by atoms with van der Waals surface area (Å²) in [4.78, 5) is 0. The van der Waals surface area contributed by atoms with Gasteiger partial charge in [0.05, 0.1) is 11.6 Å². The van der Waals surface area contributed by atoms with Crippen LogP contribution in [0.25, 0.3) is 0 Å². The van der Waals surface area contributed by atoms with Crippen LogP contribution in [0.3, 0.4) is 0 Å². The van der Waals surface area contributed by atoms with Gasteiger partial charge in [0.2, 0.25) is 0 Å². The van der Waals surface area contributed by atoms with E-state index in [0.717, 1.165) is 6.42 Å². The van der Waals surface area contributed by atoms with Gasteiger partial charge in [-0.25, -0.2) is 0 Å². The van der Waals surface area contributed by atoms with Gasteiger partial charge in [-0.05, 0) is 36.8 Å². The quantitative estimate of drug-likeness (QED) is 0.302. The summed E-state index contributed by atoms with van der Waals surface area (Å²) in [7, 11) is 0.135. The smallest absolute Gasteiger partial charge is 0.169 e. The minimum atomic E-state index is 0.135. The second kappa shape index (κ2) is 9.43. The SMILES string of the molecule is [13CH3][SiH2]CCCCOc1cc(Cl)ccc1Oc1ccc(Cl)cc1Cl. The molecular formula is C17H19Cl3O2Si. The largest absolute Gasteiger partial charge is 0.490 e. The molecule has 23 heavy (non-hydrogen) atoms. The van der Waals surface area contributed by atoms with Crippen molar-refractivity contribution in [3.8, 4) is 17.2 Å². The zero-order chi connectivity index (χ0) is 16.7. The fourth-order valence-electron chi connectivity index (χ4n) is 2.07. The zero-order valence-corrected chi connectivity index (χ0v) is 16.6. The summed E-state index contributed by atoms with van der Waals surface area (Å²) in [6.45, 7) is 2.97. The van der Waals surface area contributed by atoms with Crippen molar-refractivity contribution >= 4 is 44.3 Å². The number of ether oxygens (including phenoxy) is 2. The Labute approximate surface area is 154 Å². The summed E-state index contributed by atoms with van der Waals surface area (Å²) in [6, 6.07) is 11.8. The molecule has 0 N–H and O–H groups in total. The number of benzene rings is 2. The van der Waals surface area contributed by atoms with Crippen LogP contribution < -0.4 is 9.47 Å². The molecule has 0 heterocycles. The van der Waals surface area contributed by atoms with Crippen LogP contribution in [0.15, 0.2) is 36.4 Å². The summed E-state index contributed by atoms with van der Waals surface area (Å²) in [5.41, 5.74) is 0. The van der Waals surface area contributed by atoms with E-state index < -0.39 is 0 Å². The second-order valence-corrected chi connectivity index (χ2v) is 8.16. The predicted molar refractivity (Wildman–Crippen MR) is 102 cm³/mol.